The lowest BCUT2D eigenvalue weighted by Crippen LogP contribution is -2.23. The molecule has 1 aromatic carbocycles. The van der Waals surface area contributed by atoms with Gasteiger partial charge in [0.1, 0.15) is 0 Å². The average Bonchev–Trinajstić information content (AvgIpc) is 2.43. The molecule has 0 aliphatic rings. The summed E-state index contributed by atoms with van der Waals surface area (Å²) in [7, 11) is 0. The van der Waals surface area contributed by atoms with Crippen LogP contribution >= 0.6 is 0 Å². The fourth-order valence-corrected chi connectivity index (χ4v) is 2.15. The van der Waals surface area contributed by atoms with E-state index in [0.29, 0.717) is 6.04 Å². The summed E-state index contributed by atoms with van der Waals surface area (Å²) in [4.78, 5) is 0. The molecule has 0 saturated heterocycles. The van der Waals surface area contributed by atoms with Crippen LogP contribution in [0.1, 0.15) is 57.7 Å². The van der Waals surface area contributed by atoms with Crippen LogP contribution in [0.25, 0.3) is 0 Å². The Labute approximate surface area is 124 Å². The maximum atomic E-state index is 5.62. The quantitative estimate of drug-likeness (QED) is 0.642. The van der Waals surface area contributed by atoms with Gasteiger partial charge in [-0.3, -0.25) is 0 Å². The van der Waals surface area contributed by atoms with Crippen molar-refractivity contribution in [2.24, 2.45) is 5.92 Å². The number of benzene rings is 1. The number of aryl methyl sites for hydroxylation is 1. The monoisotopic (exact) mass is 277 g/mol. The minimum Gasteiger partial charge on any atom is -0.380 e. The molecule has 20 heavy (non-hydrogen) atoms. The van der Waals surface area contributed by atoms with Crippen molar-refractivity contribution in [3.05, 3.63) is 35.4 Å². The molecular formula is C18H31NO. The van der Waals surface area contributed by atoms with Crippen molar-refractivity contribution in [3.63, 3.8) is 0 Å². The first-order chi connectivity index (χ1) is 9.63. The normalized spacial score (nSPS) is 12.8. The number of nitrogens with one attached hydrogen (secondary N) is 1. The highest BCUT2D eigenvalue weighted by Gasteiger charge is 2.04. The van der Waals surface area contributed by atoms with Crippen LogP contribution in [0.2, 0.25) is 0 Å². The van der Waals surface area contributed by atoms with E-state index < -0.39 is 0 Å². The molecule has 0 fully saturated rings. The summed E-state index contributed by atoms with van der Waals surface area (Å²) in [5.74, 6) is 0.725. The van der Waals surface area contributed by atoms with E-state index in [0.717, 1.165) is 32.1 Å². The molecule has 1 unspecified atom stereocenters. The van der Waals surface area contributed by atoms with Gasteiger partial charge < -0.3 is 10.1 Å². The first-order valence-corrected chi connectivity index (χ1v) is 8.03. The van der Waals surface area contributed by atoms with Gasteiger partial charge in [-0.2, -0.15) is 0 Å². The molecule has 0 radical (unpaired) electrons. The summed E-state index contributed by atoms with van der Waals surface area (Å²) in [6.07, 6.45) is 3.53. The van der Waals surface area contributed by atoms with Gasteiger partial charge in [0, 0.05) is 19.2 Å². The van der Waals surface area contributed by atoms with Crippen molar-refractivity contribution in [2.45, 2.75) is 53.0 Å². The summed E-state index contributed by atoms with van der Waals surface area (Å²) in [6.45, 7) is 11.5. The fraction of sp³-hybridized carbons (Fsp3) is 0.667. The molecule has 0 saturated carbocycles. The molecule has 0 amide bonds. The zero-order valence-corrected chi connectivity index (χ0v) is 13.6. The Morgan fingerprint density at radius 2 is 1.75 bits per heavy atom. The molecule has 0 aliphatic carbocycles. The summed E-state index contributed by atoms with van der Waals surface area (Å²) >= 11 is 0. The Kier molecular flexibility index (Phi) is 8.56. The predicted octanol–water partition coefficient (Wildman–Crippen LogP) is 4.35. The molecule has 0 aliphatic heterocycles. The van der Waals surface area contributed by atoms with Gasteiger partial charge in [-0.1, -0.05) is 51.5 Å². The maximum Gasteiger partial charge on any atom is 0.0591 e. The van der Waals surface area contributed by atoms with Crippen molar-refractivity contribution >= 4 is 0 Å². The highest BCUT2D eigenvalue weighted by Crippen LogP contribution is 2.14. The van der Waals surface area contributed by atoms with Gasteiger partial charge in [-0.05, 0) is 36.8 Å². The van der Waals surface area contributed by atoms with Crippen molar-refractivity contribution < 1.29 is 4.74 Å². The largest absolute Gasteiger partial charge is 0.380 e. The molecule has 1 atom stereocenters. The third-order valence-corrected chi connectivity index (χ3v) is 3.55. The van der Waals surface area contributed by atoms with Gasteiger partial charge >= 0.3 is 0 Å². The Hall–Kier alpha value is -0.860. The molecule has 1 aromatic rings. The second-order valence-corrected chi connectivity index (χ2v) is 5.96. The smallest absolute Gasteiger partial charge is 0.0591 e. The van der Waals surface area contributed by atoms with E-state index in [9.17, 15) is 0 Å². The molecule has 1 N–H and O–H groups in total. The van der Waals surface area contributed by atoms with E-state index in [-0.39, 0.29) is 0 Å². The van der Waals surface area contributed by atoms with Crippen LogP contribution in [0.3, 0.4) is 0 Å². The summed E-state index contributed by atoms with van der Waals surface area (Å²) in [5, 5.41) is 3.51. The van der Waals surface area contributed by atoms with E-state index in [1.54, 1.807) is 0 Å². The number of rotatable bonds is 10. The molecule has 2 nitrogen and oxygen atoms in total. The van der Waals surface area contributed by atoms with Crippen LogP contribution in [0.4, 0.5) is 0 Å². The van der Waals surface area contributed by atoms with Gasteiger partial charge in [-0.25, -0.2) is 0 Å². The molecule has 0 heterocycles. The van der Waals surface area contributed by atoms with Gasteiger partial charge in [0.05, 0.1) is 6.61 Å². The molecule has 0 bridgehead atoms. The number of hydrogen-bond donors (Lipinski definition) is 1. The lowest BCUT2D eigenvalue weighted by atomic mass is 10.0. The van der Waals surface area contributed by atoms with Crippen molar-refractivity contribution in [2.75, 3.05) is 19.8 Å². The molecule has 0 aromatic heterocycles. The Morgan fingerprint density at radius 3 is 2.35 bits per heavy atom. The highest BCUT2D eigenvalue weighted by atomic mass is 16.5. The van der Waals surface area contributed by atoms with Crippen molar-refractivity contribution in [1.29, 1.82) is 0 Å². The van der Waals surface area contributed by atoms with Crippen molar-refractivity contribution in [1.82, 2.24) is 5.32 Å². The first-order valence-electron chi connectivity index (χ1n) is 8.03. The average molecular weight is 277 g/mol. The molecule has 2 heteroatoms. The summed E-state index contributed by atoms with van der Waals surface area (Å²) in [6, 6.07) is 9.36. The third-order valence-electron chi connectivity index (χ3n) is 3.55. The lowest BCUT2D eigenvalue weighted by molar-refractivity contribution is 0.123. The maximum absolute atomic E-state index is 5.62. The van der Waals surface area contributed by atoms with E-state index in [2.05, 4.69) is 57.3 Å². The molecule has 1 rings (SSSR count). The van der Waals surface area contributed by atoms with E-state index in [1.807, 2.05) is 0 Å². The SMILES string of the molecule is CCCc1ccc(C(C)NCCOCCC(C)C)cc1. The van der Waals surface area contributed by atoms with Crippen LogP contribution < -0.4 is 5.32 Å². The molecule has 114 valence electrons. The van der Waals surface area contributed by atoms with Crippen LogP contribution in [0, 0.1) is 5.92 Å². The zero-order valence-electron chi connectivity index (χ0n) is 13.6. The third kappa shape index (κ3) is 7.06. The van der Waals surface area contributed by atoms with Gasteiger partial charge in [0.2, 0.25) is 0 Å². The second-order valence-electron chi connectivity index (χ2n) is 5.96. The second kappa shape index (κ2) is 9.95. The Morgan fingerprint density at radius 1 is 1.05 bits per heavy atom. The molecule has 0 spiro atoms. The van der Waals surface area contributed by atoms with E-state index >= 15 is 0 Å². The predicted molar refractivity (Wildman–Crippen MR) is 87.1 cm³/mol. The van der Waals surface area contributed by atoms with E-state index in [1.165, 1.54) is 24.0 Å². The van der Waals surface area contributed by atoms with Gasteiger partial charge in [0.25, 0.3) is 0 Å². The summed E-state index contributed by atoms with van der Waals surface area (Å²) in [5.41, 5.74) is 2.78. The highest BCUT2D eigenvalue weighted by molar-refractivity contribution is 5.24. The fourth-order valence-electron chi connectivity index (χ4n) is 2.15. The summed E-state index contributed by atoms with van der Waals surface area (Å²) < 4.78 is 5.62. The van der Waals surface area contributed by atoms with Gasteiger partial charge in [-0.15, -0.1) is 0 Å². The Bertz CT molecular complexity index is 345. The minimum atomic E-state index is 0.388. The zero-order chi connectivity index (χ0) is 14.8. The Balaban J connectivity index is 2.20. The van der Waals surface area contributed by atoms with E-state index in [4.69, 9.17) is 4.74 Å². The lowest BCUT2D eigenvalue weighted by Gasteiger charge is -2.15. The van der Waals surface area contributed by atoms with Crippen LogP contribution in [0.15, 0.2) is 24.3 Å². The van der Waals surface area contributed by atoms with Gasteiger partial charge in [0.15, 0.2) is 0 Å². The molecular weight excluding hydrogens is 246 g/mol. The minimum absolute atomic E-state index is 0.388. The standard InChI is InChI=1S/C18H31NO/c1-5-6-17-7-9-18(10-8-17)16(4)19-12-14-20-13-11-15(2)3/h7-10,15-16,19H,5-6,11-14H2,1-4H3. The van der Waals surface area contributed by atoms with Crippen LogP contribution in [-0.2, 0) is 11.2 Å². The van der Waals surface area contributed by atoms with Crippen LogP contribution in [0.5, 0.6) is 0 Å². The number of hydrogen-bond acceptors (Lipinski definition) is 2. The van der Waals surface area contributed by atoms with Crippen LogP contribution in [-0.4, -0.2) is 19.8 Å². The van der Waals surface area contributed by atoms with Crippen molar-refractivity contribution in [3.8, 4) is 0 Å². The first kappa shape index (κ1) is 17.2. The number of ether oxygens (including phenoxy) is 1. The topological polar surface area (TPSA) is 21.3 Å².